The van der Waals surface area contributed by atoms with E-state index in [9.17, 15) is 23.7 Å². The molecule has 3 aromatic heterocycles. The standard InChI is InChI=1S/C34H33F3N10/c1-20-25(23-16-42-46(5)17-23)7-6-8-26(20)31(28-18-47(45-44-28)33(9-10-33)34(35,36)37)43-24-11-21(13-38)29-27(12-24)30(22(14-39)15-40-29)41-19-32(2,3)4/h6-8,11-12,15-18,31,43H,9-10,19H2,1-5H3,(H,40,41)/t31-/m0/s1. The highest BCUT2D eigenvalue weighted by atomic mass is 19.4. The highest BCUT2D eigenvalue weighted by Crippen LogP contribution is 2.55. The Hall–Kier alpha value is -5.43. The van der Waals surface area contributed by atoms with Gasteiger partial charge in [0.2, 0.25) is 0 Å². The summed E-state index contributed by atoms with van der Waals surface area (Å²) in [5, 5.41) is 40.0. The zero-order chi connectivity index (χ0) is 33.7. The van der Waals surface area contributed by atoms with Gasteiger partial charge in [-0.15, -0.1) is 5.10 Å². The highest BCUT2D eigenvalue weighted by molar-refractivity contribution is 5.99. The van der Waals surface area contributed by atoms with Crippen LogP contribution in [-0.4, -0.2) is 42.5 Å². The Morgan fingerprint density at radius 1 is 1.04 bits per heavy atom. The number of aromatic nitrogens is 6. The maximum atomic E-state index is 14.1. The predicted octanol–water partition coefficient (Wildman–Crippen LogP) is 6.99. The minimum atomic E-state index is -4.47. The first-order valence-electron chi connectivity index (χ1n) is 15.1. The van der Waals surface area contributed by atoms with Gasteiger partial charge in [0.05, 0.1) is 40.8 Å². The molecule has 1 atom stereocenters. The van der Waals surface area contributed by atoms with Crippen molar-refractivity contribution in [1.29, 1.82) is 10.5 Å². The largest absolute Gasteiger partial charge is 0.413 e. The van der Waals surface area contributed by atoms with Crippen LogP contribution in [0.15, 0.2) is 55.1 Å². The van der Waals surface area contributed by atoms with Gasteiger partial charge in [0.1, 0.15) is 17.8 Å². The van der Waals surface area contributed by atoms with Crippen molar-refractivity contribution < 1.29 is 13.2 Å². The van der Waals surface area contributed by atoms with Crippen molar-refractivity contribution in [1.82, 2.24) is 29.8 Å². The Morgan fingerprint density at radius 3 is 2.40 bits per heavy atom. The molecule has 0 saturated heterocycles. The van der Waals surface area contributed by atoms with Crippen molar-refractivity contribution >= 4 is 22.3 Å². The molecule has 5 aromatic rings. The third-order valence-electron chi connectivity index (χ3n) is 8.52. The SMILES string of the molecule is Cc1c(-c2cnn(C)c2)cccc1[C@H](Nc1cc(C#N)c2ncc(C#N)c(NCC(C)(C)C)c2c1)c1cn(C2(C(F)(F)F)CC2)nn1. The minimum Gasteiger partial charge on any atom is -0.383 e. The molecule has 0 spiro atoms. The average Bonchev–Trinajstić information content (AvgIpc) is 3.51. The molecule has 6 rings (SSSR count). The number of rotatable bonds is 8. The number of alkyl halides is 3. The number of pyridine rings is 1. The monoisotopic (exact) mass is 638 g/mol. The van der Waals surface area contributed by atoms with Crippen molar-refractivity contribution in [3.63, 3.8) is 0 Å². The van der Waals surface area contributed by atoms with Gasteiger partial charge in [0.25, 0.3) is 0 Å². The van der Waals surface area contributed by atoms with Crippen LogP contribution in [0.4, 0.5) is 24.5 Å². The molecule has 3 heterocycles. The molecule has 0 unspecified atom stereocenters. The lowest BCUT2D eigenvalue weighted by atomic mass is 9.92. The van der Waals surface area contributed by atoms with Gasteiger partial charge < -0.3 is 10.6 Å². The molecular formula is C34H33F3N10. The highest BCUT2D eigenvalue weighted by Gasteiger charge is 2.66. The molecule has 2 aromatic carbocycles. The second-order valence-corrected chi connectivity index (χ2v) is 13.2. The summed E-state index contributed by atoms with van der Waals surface area (Å²) in [5.74, 6) is 0. The van der Waals surface area contributed by atoms with Crippen LogP contribution in [0.5, 0.6) is 0 Å². The van der Waals surface area contributed by atoms with E-state index in [-0.39, 0.29) is 29.5 Å². The Bertz CT molecular complexity index is 2070. The quantitative estimate of drug-likeness (QED) is 0.186. The molecule has 2 N–H and O–H groups in total. The summed E-state index contributed by atoms with van der Waals surface area (Å²) in [5.41, 5.74) is 3.55. The van der Waals surface area contributed by atoms with Crippen LogP contribution >= 0.6 is 0 Å². The molecule has 0 bridgehead atoms. The lowest BCUT2D eigenvalue weighted by Crippen LogP contribution is -2.35. The number of hydrogen-bond acceptors (Lipinski definition) is 8. The van der Waals surface area contributed by atoms with Gasteiger partial charge in [-0.25, -0.2) is 4.68 Å². The van der Waals surface area contributed by atoms with Crippen molar-refractivity contribution in [3.05, 3.63) is 83.1 Å². The van der Waals surface area contributed by atoms with Crippen molar-refractivity contribution in [2.75, 3.05) is 17.2 Å². The Morgan fingerprint density at radius 2 is 1.79 bits per heavy atom. The fraction of sp³-hybridized carbons (Fsp3) is 0.353. The number of nitrogens with zero attached hydrogens (tertiary/aromatic N) is 8. The smallest absolute Gasteiger partial charge is 0.383 e. The molecule has 1 saturated carbocycles. The summed E-state index contributed by atoms with van der Waals surface area (Å²) < 4.78 is 44.8. The molecule has 0 radical (unpaired) electrons. The molecule has 0 amide bonds. The van der Waals surface area contributed by atoms with E-state index in [1.807, 2.05) is 38.4 Å². The van der Waals surface area contributed by atoms with E-state index in [0.717, 1.165) is 26.9 Å². The first-order valence-corrected chi connectivity index (χ1v) is 15.1. The van der Waals surface area contributed by atoms with Crippen molar-refractivity contribution in [2.24, 2.45) is 12.5 Å². The molecule has 13 heteroatoms. The van der Waals surface area contributed by atoms with E-state index in [4.69, 9.17) is 0 Å². The normalized spacial score (nSPS) is 14.8. The Labute approximate surface area is 269 Å². The third-order valence-corrected chi connectivity index (χ3v) is 8.52. The molecular weight excluding hydrogens is 605 g/mol. The number of nitrogens with one attached hydrogen (secondary N) is 2. The van der Waals surface area contributed by atoms with Crippen LogP contribution in [0.2, 0.25) is 0 Å². The first kappa shape index (κ1) is 31.5. The third kappa shape index (κ3) is 5.85. The summed E-state index contributed by atoms with van der Waals surface area (Å²) >= 11 is 0. The Balaban J connectivity index is 1.51. The predicted molar refractivity (Wildman–Crippen MR) is 171 cm³/mol. The average molecular weight is 639 g/mol. The lowest BCUT2D eigenvalue weighted by molar-refractivity contribution is -0.182. The van der Waals surface area contributed by atoms with Crippen LogP contribution in [-0.2, 0) is 12.6 Å². The van der Waals surface area contributed by atoms with Gasteiger partial charge in [-0.3, -0.25) is 9.67 Å². The van der Waals surface area contributed by atoms with E-state index in [0.29, 0.717) is 34.4 Å². The van der Waals surface area contributed by atoms with Crippen LogP contribution < -0.4 is 10.6 Å². The van der Waals surface area contributed by atoms with E-state index < -0.39 is 17.8 Å². The molecule has 47 heavy (non-hydrogen) atoms. The Kier molecular flexibility index (Phi) is 7.67. The maximum Gasteiger partial charge on any atom is 0.413 e. The summed E-state index contributed by atoms with van der Waals surface area (Å²) in [6.07, 6.45) is 1.83. The van der Waals surface area contributed by atoms with Crippen LogP contribution in [0, 0.1) is 35.0 Å². The van der Waals surface area contributed by atoms with Crippen molar-refractivity contribution in [2.45, 2.75) is 58.3 Å². The number of anilines is 2. The number of benzene rings is 2. The number of halogens is 3. The number of hydrogen-bond donors (Lipinski definition) is 2. The number of fused-ring (bicyclic) bond motifs is 1. The molecule has 0 aliphatic heterocycles. The molecule has 1 aliphatic rings. The van der Waals surface area contributed by atoms with Gasteiger partial charge >= 0.3 is 6.18 Å². The topological polar surface area (TPSA) is 133 Å². The fourth-order valence-electron chi connectivity index (χ4n) is 5.80. The summed E-state index contributed by atoms with van der Waals surface area (Å²) in [4.78, 5) is 4.43. The minimum absolute atomic E-state index is 0.0678. The molecule has 1 fully saturated rings. The van der Waals surface area contributed by atoms with Gasteiger partial charge in [-0.2, -0.15) is 28.8 Å². The lowest BCUT2D eigenvalue weighted by Gasteiger charge is -2.24. The fourth-order valence-corrected chi connectivity index (χ4v) is 5.80. The first-order chi connectivity index (χ1) is 22.2. The molecule has 10 nitrogen and oxygen atoms in total. The number of nitriles is 2. The van der Waals surface area contributed by atoms with Crippen LogP contribution in [0.3, 0.4) is 0 Å². The summed E-state index contributed by atoms with van der Waals surface area (Å²) in [6, 6.07) is 12.8. The van der Waals surface area contributed by atoms with Crippen LogP contribution in [0.25, 0.3) is 22.0 Å². The zero-order valence-corrected chi connectivity index (χ0v) is 26.6. The van der Waals surface area contributed by atoms with Gasteiger partial charge in [0.15, 0.2) is 5.54 Å². The summed E-state index contributed by atoms with van der Waals surface area (Å²) in [6.45, 7) is 8.68. The summed E-state index contributed by atoms with van der Waals surface area (Å²) in [7, 11) is 1.82. The maximum absolute atomic E-state index is 14.1. The van der Waals surface area contributed by atoms with E-state index in [2.05, 4.69) is 63.9 Å². The van der Waals surface area contributed by atoms with Crippen molar-refractivity contribution in [3.8, 4) is 23.3 Å². The molecule has 1 aliphatic carbocycles. The van der Waals surface area contributed by atoms with Gasteiger partial charge in [-0.05, 0) is 54.0 Å². The van der Waals surface area contributed by atoms with E-state index in [1.165, 1.54) is 12.4 Å². The second kappa shape index (κ2) is 11.4. The van der Waals surface area contributed by atoms with Gasteiger partial charge in [-0.1, -0.05) is 44.2 Å². The van der Waals surface area contributed by atoms with Gasteiger partial charge in [0, 0.05) is 42.6 Å². The molecule has 240 valence electrons. The second-order valence-electron chi connectivity index (χ2n) is 13.2. The van der Waals surface area contributed by atoms with Crippen LogP contribution in [0.1, 0.15) is 67.6 Å². The zero-order valence-electron chi connectivity index (χ0n) is 26.6. The van der Waals surface area contributed by atoms with E-state index >= 15 is 0 Å². The van der Waals surface area contributed by atoms with E-state index in [1.54, 1.807) is 23.0 Å². The number of aryl methyl sites for hydroxylation is 1.